The van der Waals surface area contributed by atoms with Crippen LogP contribution < -0.4 is 4.90 Å². The molecule has 1 aromatic rings. The van der Waals surface area contributed by atoms with Gasteiger partial charge in [0.15, 0.2) is 0 Å². The number of fused-ring (bicyclic) bond motifs is 1. The average molecular weight is 260 g/mol. The fourth-order valence-corrected chi connectivity index (χ4v) is 3.90. The van der Waals surface area contributed by atoms with Crippen LogP contribution >= 0.6 is 0 Å². The molecule has 19 heavy (non-hydrogen) atoms. The largest absolute Gasteiger partial charge is 0.466 e. The summed E-state index contributed by atoms with van der Waals surface area (Å²) in [7, 11) is 0. The number of ether oxygens (including phenoxy) is 1. The van der Waals surface area contributed by atoms with Crippen LogP contribution in [0.4, 0.5) is 0 Å². The van der Waals surface area contributed by atoms with Gasteiger partial charge in [-0.1, -0.05) is 30.3 Å². The van der Waals surface area contributed by atoms with Gasteiger partial charge in [-0.15, -0.1) is 0 Å². The van der Waals surface area contributed by atoms with E-state index in [0.717, 1.165) is 6.42 Å². The Morgan fingerprint density at radius 1 is 1.37 bits per heavy atom. The second-order valence-electron chi connectivity index (χ2n) is 5.63. The predicted octanol–water partition coefficient (Wildman–Crippen LogP) is 1.36. The lowest BCUT2D eigenvalue weighted by atomic mass is 9.94. The smallest absolute Gasteiger partial charge is 0.315 e. The van der Waals surface area contributed by atoms with Gasteiger partial charge >= 0.3 is 5.97 Å². The highest BCUT2D eigenvalue weighted by Crippen LogP contribution is 2.32. The Kier molecular flexibility index (Phi) is 3.56. The van der Waals surface area contributed by atoms with Crippen molar-refractivity contribution in [1.29, 1.82) is 0 Å². The third-order valence-electron chi connectivity index (χ3n) is 4.67. The number of carbonyl (C=O) groups excluding carboxylic acids is 1. The predicted molar refractivity (Wildman–Crippen MR) is 72.8 cm³/mol. The first-order chi connectivity index (χ1) is 9.31. The summed E-state index contributed by atoms with van der Waals surface area (Å²) in [5.41, 5.74) is 1.37. The Labute approximate surface area is 114 Å². The molecule has 4 atom stereocenters. The van der Waals surface area contributed by atoms with Crippen molar-refractivity contribution >= 4 is 5.97 Å². The summed E-state index contributed by atoms with van der Waals surface area (Å²) in [5, 5.41) is 0. The van der Waals surface area contributed by atoms with Gasteiger partial charge in [0.1, 0.15) is 18.0 Å². The maximum Gasteiger partial charge on any atom is 0.315 e. The van der Waals surface area contributed by atoms with Crippen molar-refractivity contribution in [3.63, 3.8) is 0 Å². The van der Waals surface area contributed by atoms with E-state index in [1.54, 1.807) is 4.90 Å². The zero-order chi connectivity index (χ0) is 13.2. The number of carbonyl (C=O) groups is 1. The van der Waals surface area contributed by atoms with E-state index in [9.17, 15) is 4.79 Å². The summed E-state index contributed by atoms with van der Waals surface area (Å²) in [4.78, 5) is 13.7. The molecule has 2 fully saturated rings. The molecule has 0 saturated carbocycles. The van der Waals surface area contributed by atoms with Crippen molar-refractivity contribution in [2.24, 2.45) is 5.92 Å². The summed E-state index contributed by atoms with van der Waals surface area (Å²) < 4.78 is 5.27. The zero-order valence-electron chi connectivity index (χ0n) is 11.5. The highest BCUT2D eigenvalue weighted by Gasteiger charge is 2.51. The minimum atomic E-state index is 0.0188. The monoisotopic (exact) mass is 260 g/mol. The molecule has 0 amide bonds. The van der Waals surface area contributed by atoms with Gasteiger partial charge in [0.2, 0.25) is 0 Å². The molecule has 0 aromatic heterocycles. The molecule has 102 valence electrons. The fraction of sp³-hybridized carbons (Fsp3) is 0.562. The molecule has 0 radical (unpaired) electrons. The number of nitrogens with one attached hydrogen (secondary N) is 1. The van der Waals surface area contributed by atoms with E-state index in [2.05, 4.69) is 30.3 Å². The van der Waals surface area contributed by atoms with Crippen LogP contribution in [0.5, 0.6) is 0 Å². The van der Waals surface area contributed by atoms with Crippen LogP contribution in [-0.4, -0.2) is 25.2 Å². The fourth-order valence-electron chi connectivity index (χ4n) is 3.90. The lowest BCUT2D eigenvalue weighted by molar-refractivity contribution is -0.930. The third kappa shape index (κ3) is 2.27. The topological polar surface area (TPSA) is 30.7 Å². The number of hydrogen-bond donors (Lipinski definition) is 1. The summed E-state index contributed by atoms with van der Waals surface area (Å²) in [6, 6.07) is 11.6. The quantitative estimate of drug-likeness (QED) is 0.832. The van der Waals surface area contributed by atoms with E-state index in [1.165, 1.54) is 24.9 Å². The molecule has 2 saturated heterocycles. The van der Waals surface area contributed by atoms with Crippen LogP contribution in [-0.2, 0) is 9.53 Å². The van der Waals surface area contributed by atoms with Gasteiger partial charge in [-0.25, -0.2) is 0 Å². The number of esters is 1. The van der Waals surface area contributed by atoms with Crippen LogP contribution in [0.2, 0.25) is 0 Å². The molecule has 0 aliphatic carbocycles. The van der Waals surface area contributed by atoms with E-state index in [1.807, 2.05) is 6.92 Å². The molecular formula is C16H22NO2+. The summed E-state index contributed by atoms with van der Waals surface area (Å²) >= 11 is 0. The van der Waals surface area contributed by atoms with Gasteiger partial charge in [0, 0.05) is 24.8 Å². The Balaban J connectivity index is 1.82. The Morgan fingerprint density at radius 3 is 2.89 bits per heavy atom. The van der Waals surface area contributed by atoms with Crippen molar-refractivity contribution in [3.8, 4) is 0 Å². The van der Waals surface area contributed by atoms with Crippen LogP contribution in [0.25, 0.3) is 0 Å². The van der Waals surface area contributed by atoms with E-state index < -0.39 is 0 Å². The van der Waals surface area contributed by atoms with E-state index >= 15 is 0 Å². The maximum atomic E-state index is 12.1. The third-order valence-corrected chi connectivity index (χ3v) is 4.67. The Bertz CT molecular complexity index is 445. The van der Waals surface area contributed by atoms with Crippen molar-refractivity contribution in [3.05, 3.63) is 35.9 Å². The highest BCUT2D eigenvalue weighted by molar-refractivity contribution is 5.73. The van der Waals surface area contributed by atoms with Crippen LogP contribution in [0.15, 0.2) is 30.3 Å². The van der Waals surface area contributed by atoms with Crippen molar-refractivity contribution < 1.29 is 14.4 Å². The van der Waals surface area contributed by atoms with E-state index in [4.69, 9.17) is 4.74 Å². The number of hydrogen-bond acceptors (Lipinski definition) is 2. The van der Waals surface area contributed by atoms with E-state index in [0.29, 0.717) is 18.7 Å². The molecule has 2 heterocycles. The molecule has 2 aliphatic heterocycles. The molecule has 3 rings (SSSR count). The minimum Gasteiger partial charge on any atom is -0.466 e. The van der Waals surface area contributed by atoms with Gasteiger partial charge in [0.05, 0.1) is 13.2 Å². The van der Waals surface area contributed by atoms with Gasteiger partial charge in [0.25, 0.3) is 0 Å². The SMILES string of the molecule is CCOC(=O)[C@@H]1C[C@@H](c2ccccc2)[NH+]2CCC[C@@H]12. The minimum absolute atomic E-state index is 0.0188. The molecule has 1 aromatic carbocycles. The molecule has 3 nitrogen and oxygen atoms in total. The Hall–Kier alpha value is -1.35. The van der Waals surface area contributed by atoms with Crippen LogP contribution in [0, 0.1) is 5.92 Å². The first kappa shape index (κ1) is 12.7. The molecule has 2 aliphatic rings. The summed E-state index contributed by atoms with van der Waals surface area (Å²) in [5.74, 6) is 0.119. The first-order valence-corrected chi connectivity index (χ1v) is 7.38. The van der Waals surface area contributed by atoms with Gasteiger partial charge < -0.3 is 9.64 Å². The lowest BCUT2D eigenvalue weighted by Gasteiger charge is -2.21. The molecular weight excluding hydrogens is 238 g/mol. The highest BCUT2D eigenvalue weighted by atomic mass is 16.5. The van der Waals surface area contributed by atoms with Crippen molar-refractivity contribution in [1.82, 2.24) is 0 Å². The van der Waals surface area contributed by atoms with Gasteiger partial charge in [-0.2, -0.15) is 0 Å². The van der Waals surface area contributed by atoms with Gasteiger partial charge in [-0.05, 0) is 6.92 Å². The molecule has 0 bridgehead atoms. The normalized spacial score (nSPS) is 33.1. The second kappa shape index (κ2) is 5.33. The standard InChI is InChI=1S/C16H21NO2/c1-2-19-16(18)13-11-15(12-7-4-3-5-8-12)17-10-6-9-14(13)17/h3-5,7-8,13-15H,2,6,9-11H2,1H3/p+1/t13-,14+,15+/m1/s1. The number of rotatable bonds is 3. The number of benzene rings is 1. The molecule has 0 spiro atoms. The van der Waals surface area contributed by atoms with Gasteiger partial charge in [-0.3, -0.25) is 4.79 Å². The average Bonchev–Trinajstić information content (AvgIpc) is 3.01. The van der Waals surface area contributed by atoms with Crippen molar-refractivity contribution in [2.45, 2.75) is 38.3 Å². The van der Waals surface area contributed by atoms with Crippen LogP contribution in [0.1, 0.15) is 37.8 Å². The maximum absolute atomic E-state index is 12.1. The lowest BCUT2D eigenvalue weighted by Crippen LogP contribution is -3.12. The first-order valence-electron chi connectivity index (χ1n) is 7.38. The Morgan fingerprint density at radius 2 is 2.16 bits per heavy atom. The number of quaternary nitrogens is 1. The zero-order valence-corrected chi connectivity index (χ0v) is 11.5. The molecule has 3 heteroatoms. The summed E-state index contributed by atoms with van der Waals surface area (Å²) in [6.07, 6.45) is 3.35. The van der Waals surface area contributed by atoms with Crippen LogP contribution in [0.3, 0.4) is 0 Å². The second-order valence-corrected chi connectivity index (χ2v) is 5.63. The summed E-state index contributed by atoms with van der Waals surface area (Å²) in [6.45, 7) is 3.58. The van der Waals surface area contributed by atoms with E-state index in [-0.39, 0.29) is 11.9 Å². The molecule has 1 unspecified atom stereocenters. The van der Waals surface area contributed by atoms with Crippen molar-refractivity contribution in [2.75, 3.05) is 13.2 Å². The molecule has 1 N–H and O–H groups in total.